The van der Waals surface area contributed by atoms with E-state index in [-0.39, 0.29) is 12.2 Å². The number of halogens is 1. The zero-order valence-corrected chi connectivity index (χ0v) is 12.2. The van der Waals surface area contributed by atoms with Crippen molar-refractivity contribution in [2.45, 2.75) is 13.0 Å². The largest absolute Gasteiger partial charge is 0.387 e. The molecule has 1 atom stereocenters. The highest BCUT2D eigenvalue weighted by molar-refractivity contribution is 6.33. The summed E-state index contributed by atoms with van der Waals surface area (Å²) >= 11 is 6.06. The minimum atomic E-state index is -0.776. The van der Waals surface area contributed by atoms with Gasteiger partial charge in [-0.25, -0.2) is 0 Å². The van der Waals surface area contributed by atoms with Crippen molar-refractivity contribution in [2.24, 2.45) is 0 Å². The first kappa shape index (κ1) is 15.3. The number of nitrogens with one attached hydrogen (secondary N) is 1. The molecule has 2 aromatic rings. The van der Waals surface area contributed by atoms with Crippen molar-refractivity contribution in [1.29, 1.82) is 0 Å². The molecular formula is C15H15ClN2O3. The second-order valence-electron chi connectivity index (χ2n) is 4.73. The van der Waals surface area contributed by atoms with E-state index in [1.807, 2.05) is 19.1 Å². The van der Waals surface area contributed by atoms with Gasteiger partial charge in [-0.05, 0) is 42.3 Å². The summed E-state index contributed by atoms with van der Waals surface area (Å²) in [6.45, 7) is 2.22. The Morgan fingerprint density at radius 1 is 1.29 bits per heavy atom. The van der Waals surface area contributed by atoms with Gasteiger partial charge in [-0.1, -0.05) is 17.7 Å². The van der Waals surface area contributed by atoms with Gasteiger partial charge in [-0.3, -0.25) is 10.1 Å². The molecule has 0 aliphatic carbocycles. The smallest absolute Gasteiger partial charge is 0.269 e. The molecule has 0 radical (unpaired) electrons. The third kappa shape index (κ3) is 3.93. The highest BCUT2D eigenvalue weighted by Gasteiger charge is 2.11. The minimum absolute atomic E-state index is 0.000591. The number of aliphatic hydroxyl groups is 1. The molecule has 0 aromatic heterocycles. The maximum absolute atomic E-state index is 10.6. The molecule has 0 heterocycles. The number of hydrogen-bond donors (Lipinski definition) is 2. The van der Waals surface area contributed by atoms with Crippen LogP contribution in [0.25, 0.3) is 0 Å². The molecule has 2 rings (SSSR count). The van der Waals surface area contributed by atoms with Crippen LogP contribution in [0.1, 0.15) is 17.2 Å². The molecule has 0 amide bonds. The van der Waals surface area contributed by atoms with Gasteiger partial charge in [0.1, 0.15) is 0 Å². The predicted octanol–water partition coefficient (Wildman–Crippen LogP) is 3.70. The molecule has 21 heavy (non-hydrogen) atoms. The number of hydrogen-bond acceptors (Lipinski definition) is 4. The summed E-state index contributed by atoms with van der Waals surface area (Å²) in [6, 6.07) is 11.4. The lowest BCUT2D eigenvalue weighted by atomic mass is 10.1. The number of rotatable bonds is 5. The lowest BCUT2D eigenvalue weighted by molar-refractivity contribution is -0.384. The molecule has 110 valence electrons. The van der Waals surface area contributed by atoms with Crippen LogP contribution >= 0.6 is 11.6 Å². The second-order valence-corrected chi connectivity index (χ2v) is 5.14. The van der Waals surface area contributed by atoms with E-state index in [1.165, 1.54) is 12.1 Å². The van der Waals surface area contributed by atoms with Crippen molar-refractivity contribution < 1.29 is 10.0 Å². The third-order valence-electron chi connectivity index (χ3n) is 3.10. The normalized spacial score (nSPS) is 12.0. The van der Waals surface area contributed by atoms with Gasteiger partial charge >= 0.3 is 0 Å². The Morgan fingerprint density at radius 2 is 1.95 bits per heavy atom. The fourth-order valence-corrected chi connectivity index (χ4v) is 2.10. The average molecular weight is 307 g/mol. The van der Waals surface area contributed by atoms with Crippen molar-refractivity contribution in [1.82, 2.24) is 0 Å². The summed E-state index contributed by atoms with van der Waals surface area (Å²) in [6.07, 6.45) is -0.776. The van der Waals surface area contributed by atoms with Crippen LogP contribution in [0.5, 0.6) is 0 Å². The fourth-order valence-electron chi connectivity index (χ4n) is 1.92. The molecule has 0 bridgehead atoms. The van der Waals surface area contributed by atoms with Gasteiger partial charge in [0.2, 0.25) is 0 Å². The maximum Gasteiger partial charge on any atom is 0.269 e. The van der Waals surface area contributed by atoms with Crippen LogP contribution in [-0.4, -0.2) is 16.6 Å². The van der Waals surface area contributed by atoms with Crippen molar-refractivity contribution in [3.63, 3.8) is 0 Å². The number of anilines is 1. The summed E-state index contributed by atoms with van der Waals surface area (Å²) in [5.41, 5.74) is 2.42. The molecule has 2 N–H and O–H groups in total. The number of nitrogens with zero attached hydrogens (tertiary/aromatic N) is 1. The van der Waals surface area contributed by atoms with Crippen LogP contribution in [0.2, 0.25) is 5.02 Å². The number of non-ortho nitro benzene ring substituents is 1. The zero-order chi connectivity index (χ0) is 15.4. The second kappa shape index (κ2) is 6.56. The first-order valence-corrected chi connectivity index (χ1v) is 6.77. The predicted molar refractivity (Wildman–Crippen MR) is 82.7 cm³/mol. The quantitative estimate of drug-likeness (QED) is 0.652. The molecule has 5 nitrogen and oxygen atoms in total. The Kier molecular flexibility index (Phi) is 4.77. The molecule has 2 aromatic carbocycles. The lowest BCUT2D eigenvalue weighted by Gasteiger charge is -2.14. The van der Waals surface area contributed by atoms with E-state index in [0.29, 0.717) is 10.6 Å². The summed E-state index contributed by atoms with van der Waals surface area (Å²) in [5, 5.41) is 24.3. The highest BCUT2D eigenvalue weighted by Crippen LogP contribution is 2.24. The van der Waals surface area contributed by atoms with Crippen LogP contribution in [0.3, 0.4) is 0 Å². The lowest BCUT2D eigenvalue weighted by Crippen LogP contribution is -2.12. The Labute approximate surface area is 127 Å². The van der Waals surface area contributed by atoms with E-state index in [2.05, 4.69) is 5.32 Å². The highest BCUT2D eigenvalue weighted by atomic mass is 35.5. The van der Waals surface area contributed by atoms with E-state index in [0.717, 1.165) is 11.3 Å². The summed E-state index contributed by atoms with van der Waals surface area (Å²) in [7, 11) is 0. The topological polar surface area (TPSA) is 75.4 Å². The maximum atomic E-state index is 10.6. The van der Waals surface area contributed by atoms with Gasteiger partial charge in [0.05, 0.1) is 21.7 Å². The van der Waals surface area contributed by atoms with Crippen LogP contribution in [0.4, 0.5) is 11.4 Å². The summed E-state index contributed by atoms with van der Waals surface area (Å²) < 4.78 is 0. The Hall–Kier alpha value is -2.11. The van der Waals surface area contributed by atoms with Crippen LogP contribution in [-0.2, 0) is 0 Å². The molecule has 0 saturated carbocycles. The average Bonchev–Trinajstić information content (AvgIpc) is 2.48. The van der Waals surface area contributed by atoms with Crippen LogP contribution < -0.4 is 5.32 Å². The van der Waals surface area contributed by atoms with Gasteiger partial charge in [0.25, 0.3) is 5.69 Å². The third-order valence-corrected chi connectivity index (χ3v) is 3.43. The summed E-state index contributed by atoms with van der Waals surface area (Å²) in [5.74, 6) is 0. The van der Waals surface area contributed by atoms with E-state index >= 15 is 0 Å². The molecule has 0 aliphatic heterocycles. The van der Waals surface area contributed by atoms with Gasteiger partial charge in [0, 0.05) is 18.7 Å². The molecule has 0 aliphatic rings. The van der Waals surface area contributed by atoms with Crippen LogP contribution in [0, 0.1) is 17.0 Å². The van der Waals surface area contributed by atoms with Gasteiger partial charge in [-0.15, -0.1) is 0 Å². The van der Waals surface area contributed by atoms with Crippen molar-refractivity contribution in [3.05, 3.63) is 68.7 Å². The SMILES string of the molecule is Cc1ccc(Cl)c(NCC(O)c2ccc([N+](=O)[O-])cc2)c1. The molecule has 0 fully saturated rings. The standard InChI is InChI=1S/C15H15ClN2O3/c1-10-2-7-13(16)14(8-10)17-9-15(19)11-3-5-12(6-4-11)18(20)21/h2-8,15,17,19H,9H2,1H3. The number of nitro groups is 1. The Balaban J connectivity index is 2.02. The van der Waals surface area contributed by atoms with Gasteiger partial charge < -0.3 is 10.4 Å². The van der Waals surface area contributed by atoms with E-state index < -0.39 is 11.0 Å². The van der Waals surface area contributed by atoms with Gasteiger partial charge in [-0.2, -0.15) is 0 Å². The minimum Gasteiger partial charge on any atom is -0.387 e. The first-order chi connectivity index (χ1) is 9.97. The molecule has 6 heteroatoms. The molecule has 1 unspecified atom stereocenters. The number of nitro benzene ring substituents is 1. The Morgan fingerprint density at radius 3 is 2.57 bits per heavy atom. The van der Waals surface area contributed by atoms with E-state index in [4.69, 9.17) is 11.6 Å². The first-order valence-electron chi connectivity index (χ1n) is 6.40. The van der Waals surface area contributed by atoms with Gasteiger partial charge in [0.15, 0.2) is 0 Å². The van der Waals surface area contributed by atoms with Crippen molar-refractivity contribution in [3.8, 4) is 0 Å². The van der Waals surface area contributed by atoms with Crippen molar-refractivity contribution in [2.75, 3.05) is 11.9 Å². The fraction of sp³-hybridized carbons (Fsp3) is 0.200. The number of benzene rings is 2. The number of aliphatic hydroxyl groups excluding tert-OH is 1. The Bertz CT molecular complexity index is 644. The zero-order valence-electron chi connectivity index (χ0n) is 11.4. The van der Waals surface area contributed by atoms with E-state index in [9.17, 15) is 15.2 Å². The molecule has 0 spiro atoms. The summed E-state index contributed by atoms with van der Waals surface area (Å²) in [4.78, 5) is 10.1. The number of aryl methyl sites for hydroxylation is 1. The monoisotopic (exact) mass is 306 g/mol. The molecular weight excluding hydrogens is 292 g/mol. The van der Waals surface area contributed by atoms with Crippen LogP contribution in [0.15, 0.2) is 42.5 Å². The van der Waals surface area contributed by atoms with E-state index in [1.54, 1.807) is 18.2 Å². The molecule has 0 saturated heterocycles. The van der Waals surface area contributed by atoms with Crippen molar-refractivity contribution >= 4 is 23.0 Å².